The third kappa shape index (κ3) is 2.15. The van der Waals surface area contributed by atoms with Gasteiger partial charge in [0, 0.05) is 6.04 Å². The van der Waals surface area contributed by atoms with Crippen LogP contribution in [0.4, 0.5) is 5.95 Å². The number of aromatic nitrogens is 2. The molecule has 1 aliphatic carbocycles. The SMILES string of the molecule is CC(C)Oc1cccc2c1nc(N)n2C(C)C1CC1. The number of benzene rings is 1. The molecule has 4 heteroatoms. The second kappa shape index (κ2) is 4.44. The van der Waals surface area contributed by atoms with Gasteiger partial charge < -0.3 is 15.0 Å². The molecule has 0 aliphatic heterocycles. The maximum absolute atomic E-state index is 6.12. The third-order valence-corrected chi connectivity index (χ3v) is 3.78. The molecule has 2 N–H and O–H groups in total. The zero-order valence-electron chi connectivity index (χ0n) is 11.8. The van der Waals surface area contributed by atoms with Gasteiger partial charge in [-0.1, -0.05) is 6.07 Å². The monoisotopic (exact) mass is 259 g/mol. The van der Waals surface area contributed by atoms with Crippen molar-refractivity contribution in [3.63, 3.8) is 0 Å². The summed E-state index contributed by atoms with van der Waals surface area (Å²) in [4.78, 5) is 4.51. The highest BCUT2D eigenvalue weighted by atomic mass is 16.5. The van der Waals surface area contributed by atoms with E-state index in [1.54, 1.807) is 0 Å². The Morgan fingerprint density at radius 3 is 2.68 bits per heavy atom. The van der Waals surface area contributed by atoms with Gasteiger partial charge in [0.15, 0.2) is 0 Å². The first-order valence-electron chi connectivity index (χ1n) is 7.01. The van der Waals surface area contributed by atoms with Crippen molar-refractivity contribution < 1.29 is 4.74 Å². The minimum atomic E-state index is 0.137. The Labute approximate surface area is 113 Å². The number of fused-ring (bicyclic) bond motifs is 1. The molecule has 1 unspecified atom stereocenters. The van der Waals surface area contributed by atoms with Crippen LogP contribution in [0, 0.1) is 5.92 Å². The molecule has 0 radical (unpaired) electrons. The molecule has 0 spiro atoms. The Hall–Kier alpha value is -1.71. The van der Waals surface area contributed by atoms with Crippen molar-refractivity contribution in [2.75, 3.05) is 5.73 Å². The molecule has 0 bridgehead atoms. The maximum atomic E-state index is 6.12. The zero-order valence-corrected chi connectivity index (χ0v) is 11.8. The van der Waals surface area contributed by atoms with Crippen molar-refractivity contribution in [3.05, 3.63) is 18.2 Å². The molecule has 4 nitrogen and oxygen atoms in total. The summed E-state index contributed by atoms with van der Waals surface area (Å²) in [6, 6.07) is 6.46. The van der Waals surface area contributed by atoms with E-state index >= 15 is 0 Å². The normalized spacial score (nSPS) is 17.1. The number of para-hydroxylation sites is 1. The van der Waals surface area contributed by atoms with Crippen LogP contribution in [0.5, 0.6) is 5.75 Å². The lowest BCUT2D eigenvalue weighted by Crippen LogP contribution is -2.10. The predicted molar refractivity (Wildman–Crippen MR) is 77.3 cm³/mol. The van der Waals surface area contributed by atoms with Gasteiger partial charge in [-0.3, -0.25) is 0 Å². The molecule has 1 aromatic carbocycles. The van der Waals surface area contributed by atoms with Crippen LogP contribution in [-0.4, -0.2) is 15.7 Å². The van der Waals surface area contributed by atoms with Gasteiger partial charge in [0.1, 0.15) is 11.3 Å². The predicted octanol–water partition coefficient (Wildman–Crippen LogP) is 3.38. The molecular weight excluding hydrogens is 238 g/mol. The molecule has 1 fully saturated rings. The fourth-order valence-corrected chi connectivity index (χ4v) is 2.68. The minimum Gasteiger partial charge on any atom is -0.489 e. The summed E-state index contributed by atoms with van der Waals surface area (Å²) < 4.78 is 7.97. The van der Waals surface area contributed by atoms with E-state index in [-0.39, 0.29) is 6.10 Å². The van der Waals surface area contributed by atoms with Crippen molar-refractivity contribution in [1.82, 2.24) is 9.55 Å². The quantitative estimate of drug-likeness (QED) is 0.915. The van der Waals surface area contributed by atoms with Crippen LogP contribution >= 0.6 is 0 Å². The van der Waals surface area contributed by atoms with Crippen LogP contribution in [0.15, 0.2) is 18.2 Å². The standard InChI is InChI=1S/C15H21N3O/c1-9(2)19-13-6-4-5-12-14(13)17-15(16)18(12)10(3)11-7-8-11/h4-6,9-11H,7-8H2,1-3H3,(H2,16,17). The van der Waals surface area contributed by atoms with Gasteiger partial charge in [0.25, 0.3) is 0 Å². The van der Waals surface area contributed by atoms with E-state index in [1.807, 2.05) is 26.0 Å². The Morgan fingerprint density at radius 1 is 1.32 bits per heavy atom. The summed E-state index contributed by atoms with van der Waals surface area (Å²) in [6.07, 6.45) is 2.73. The second-order valence-electron chi connectivity index (χ2n) is 5.71. The highest BCUT2D eigenvalue weighted by Gasteiger charge is 2.31. The summed E-state index contributed by atoms with van der Waals surface area (Å²) in [7, 11) is 0. The average molecular weight is 259 g/mol. The highest BCUT2D eigenvalue weighted by Crippen LogP contribution is 2.42. The number of ether oxygens (including phenoxy) is 1. The number of nitrogen functional groups attached to an aromatic ring is 1. The molecule has 2 aromatic rings. The summed E-state index contributed by atoms with van der Waals surface area (Å²) in [6.45, 7) is 6.27. The largest absolute Gasteiger partial charge is 0.489 e. The van der Waals surface area contributed by atoms with Gasteiger partial charge in [0.2, 0.25) is 5.95 Å². The smallest absolute Gasteiger partial charge is 0.201 e. The maximum Gasteiger partial charge on any atom is 0.201 e. The molecule has 1 heterocycles. The summed E-state index contributed by atoms with van der Waals surface area (Å²) in [5.41, 5.74) is 8.07. The highest BCUT2D eigenvalue weighted by molar-refractivity contribution is 5.84. The minimum absolute atomic E-state index is 0.137. The van der Waals surface area contributed by atoms with E-state index in [9.17, 15) is 0 Å². The zero-order chi connectivity index (χ0) is 13.6. The van der Waals surface area contributed by atoms with Gasteiger partial charge in [-0.15, -0.1) is 0 Å². The van der Waals surface area contributed by atoms with Crippen LogP contribution in [0.25, 0.3) is 11.0 Å². The lowest BCUT2D eigenvalue weighted by Gasteiger charge is -2.15. The van der Waals surface area contributed by atoms with Gasteiger partial charge in [-0.05, 0) is 51.7 Å². The number of imidazole rings is 1. The van der Waals surface area contributed by atoms with Crippen molar-refractivity contribution in [1.29, 1.82) is 0 Å². The number of hydrogen-bond donors (Lipinski definition) is 1. The van der Waals surface area contributed by atoms with Gasteiger partial charge >= 0.3 is 0 Å². The molecule has 0 amide bonds. The number of anilines is 1. The first-order valence-corrected chi connectivity index (χ1v) is 7.01. The first-order chi connectivity index (χ1) is 9.08. The molecule has 1 aromatic heterocycles. The molecular formula is C15H21N3O. The van der Waals surface area contributed by atoms with Gasteiger partial charge in [-0.2, -0.15) is 0 Å². The van der Waals surface area contributed by atoms with Crippen LogP contribution in [0.1, 0.15) is 39.7 Å². The van der Waals surface area contributed by atoms with Gasteiger partial charge in [0.05, 0.1) is 11.6 Å². The summed E-state index contributed by atoms with van der Waals surface area (Å²) in [5, 5.41) is 0. The Bertz CT molecular complexity index is 599. The topological polar surface area (TPSA) is 53.1 Å². The van der Waals surface area contributed by atoms with E-state index < -0.39 is 0 Å². The third-order valence-electron chi connectivity index (χ3n) is 3.78. The van der Waals surface area contributed by atoms with E-state index in [1.165, 1.54) is 12.8 Å². The van der Waals surface area contributed by atoms with Crippen LogP contribution in [0.2, 0.25) is 0 Å². The fourth-order valence-electron chi connectivity index (χ4n) is 2.68. The van der Waals surface area contributed by atoms with Crippen molar-refractivity contribution >= 4 is 17.0 Å². The van der Waals surface area contributed by atoms with Gasteiger partial charge in [-0.25, -0.2) is 4.98 Å². The number of hydrogen-bond acceptors (Lipinski definition) is 3. The fraction of sp³-hybridized carbons (Fsp3) is 0.533. The summed E-state index contributed by atoms with van der Waals surface area (Å²) in [5.74, 6) is 2.16. The van der Waals surface area contributed by atoms with Crippen molar-refractivity contribution in [2.45, 2.75) is 45.8 Å². The molecule has 1 atom stereocenters. The van der Waals surface area contributed by atoms with E-state index in [0.717, 1.165) is 22.7 Å². The second-order valence-corrected chi connectivity index (χ2v) is 5.71. The Kier molecular flexibility index (Phi) is 2.88. The average Bonchev–Trinajstić information content (AvgIpc) is 3.12. The van der Waals surface area contributed by atoms with Crippen LogP contribution < -0.4 is 10.5 Å². The Morgan fingerprint density at radius 2 is 2.05 bits per heavy atom. The van der Waals surface area contributed by atoms with E-state index in [4.69, 9.17) is 10.5 Å². The first kappa shape index (κ1) is 12.3. The van der Waals surface area contributed by atoms with E-state index in [0.29, 0.717) is 12.0 Å². The van der Waals surface area contributed by atoms with Crippen molar-refractivity contribution in [3.8, 4) is 5.75 Å². The molecule has 3 rings (SSSR count). The summed E-state index contributed by atoms with van der Waals surface area (Å²) >= 11 is 0. The number of nitrogens with zero attached hydrogens (tertiary/aromatic N) is 2. The lowest BCUT2D eigenvalue weighted by atomic mass is 10.2. The van der Waals surface area contributed by atoms with E-state index in [2.05, 4.69) is 22.5 Å². The molecule has 1 aliphatic rings. The lowest BCUT2D eigenvalue weighted by molar-refractivity contribution is 0.245. The molecule has 1 saturated carbocycles. The van der Waals surface area contributed by atoms with Crippen molar-refractivity contribution in [2.24, 2.45) is 5.92 Å². The Balaban J connectivity index is 2.10. The van der Waals surface area contributed by atoms with Crippen LogP contribution in [-0.2, 0) is 0 Å². The molecule has 0 saturated heterocycles. The molecule has 19 heavy (non-hydrogen) atoms. The number of nitrogens with two attached hydrogens (primary N) is 1. The number of rotatable bonds is 4. The van der Waals surface area contributed by atoms with Crippen LogP contribution in [0.3, 0.4) is 0 Å². The molecule has 102 valence electrons.